The van der Waals surface area contributed by atoms with Crippen LogP contribution >= 0.6 is 0 Å². The Morgan fingerprint density at radius 1 is 1.26 bits per heavy atom. The van der Waals surface area contributed by atoms with E-state index in [4.69, 9.17) is 4.74 Å². The number of aromatic carboxylic acids is 1. The van der Waals surface area contributed by atoms with Gasteiger partial charge < -0.3 is 9.84 Å². The molecule has 4 aromatic heterocycles. The van der Waals surface area contributed by atoms with E-state index in [1.807, 2.05) is 0 Å². The number of carbonyl (C=O) groups is 1. The third-order valence-electron chi connectivity index (χ3n) is 4.85. The molecule has 4 heterocycles. The third-order valence-corrected chi connectivity index (χ3v) is 4.85. The number of pyridine rings is 1. The maximum atomic E-state index is 12.9. The van der Waals surface area contributed by atoms with E-state index >= 15 is 0 Å². The fraction of sp³-hybridized carbons (Fsp3) is 0.263. The fourth-order valence-corrected chi connectivity index (χ4v) is 3.50. The molecule has 0 fully saturated rings. The highest BCUT2D eigenvalue weighted by Gasteiger charge is 2.30. The van der Waals surface area contributed by atoms with Crippen molar-refractivity contribution in [3.63, 3.8) is 0 Å². The van der Waals surface area contributed by atoms with Gasteiger partial charge in [0, 0.05) is 29.2 Å². The number of hydrogen-bond donors (Lipinski definition) is 1. The molecule has 0 aliphatic carbocycles. The highest BCUT2D eigenvalue weighted by Crippen LogP contribution is 2.32. The summed E-state index contributed by atoms with van der Waals surface area (Å²) in [6.45, 7) is 2.03. The zero-order valence-corrected chi connectivity index (χ0v) is 16.7. The fourth-order valence-electron chi connectivity index (χ4n) is 3.50. The van der Waals surface area contributed by atoms with Gasteiger partial charge in [-0.15, -0.1) is 5.10 Å². The summed E-state index contributed by atoms with van der Waals surface area (Å²) < 4.78 is 47.5. The lowest BCUT2D eigenvalue weighted by atomic mass is 10.1. The summed E-state index contributed by atoms with van der Waals surface area (Å²) in [5.41, 5.74) is 2.99. The summed E-state index contributed by atoms with van der Waals surface area (Å²) in [6.07, 6.45) is 0.130. The van der Waals surface area contributed by atoms with Crippen molar-refractivity contribution in [1.82, 2.24) is 29.2 Å². The first kappa shape index (κ1) is 20.4. The van der Waals surface area contributed by atoms with Crippen LogP contribution in [0.1, 0.15) is 21.7 Å². The molecule has 0 saturated carbocycles. The molecule has 4 rings (SSSR count). The van der Waals surface area contributed by atoms with E-state index < -0.39 is 18.7 Å². The van der Waals surface area contributed by atoms with E-state index in [1.165, 1.54) is 18.0 Å². The second-order valence-electron chi connectivity index (χ2n) is 6.89. The first-order valence-electron chi connectivity index (χ1n) is 9.05. The Hall–Kier alpha value is -3.83. The lowest BCUT2D eigenvalue weighted by Crippen LogP contribution is -2.19. The Labute approximate surface area is 173 Å². The molecule has 0 bridgehead atoms. The highest BCUT2D eigenvalue weighted by atomic mass is 19.4. The van der Waals surface area contributed by atoms with Gasteiger partial charge in [-0.25, -0.2) is 14.0 Å². The Morgan fingerprint density at radius 2 is 2.00 bits per heavy atom. The van der Waals surface area contributed by atoms with Crippen molar-refractivity contribution in [3.8, 4) is 22.7 Å². The van der Waals surface area contributed by atoms with Crippen LogP contribution in [0.25, 0.3) is 22.3 Å². The predicted molar refractivity (Wildman–Crippen MR) is 103 cm³/mol. The number of nitrogens with zero attached hydrogens (tertiary/aromatic N) is 6. The number of rotatable bonds is 5. The van der Waals surface area contributed by atoms with E-state index in [0.717, 1.165) is 4.68 Å². The van der Waals surface area contributed by atoms with E-state index in [0.29, 0.717) is 33.7 Å². The third kappa shape index (κ3) is 3.60. The van der Waals surface area contributed by atoms with Gasteiger partial charge in [0.1, 0.15) is 12.1 Å². The first-order valence-corrected chi connectivity index (χ1v) is 9.05. The lowest BCUT2D eigenvalue weighted by molar-refractivity contribution is -0.142. The van der Waals surface area contributed by atoms with Gasteiger partial charge in [-0.2, -0.15) is 23.4 Å². The van der Waals surface area contributed by atoms with Crippen LogP contribution in [0.5, 0.6) is 5.88 Å². The molecule has 0 radical (unpaired) electrons. The maximum Gasteiger partial charge on any atom is 0.408 e. The van der Waals surface area contributed by atoms with Gasteiger partial charge >= 0.3 is 12.1 Å². The van der Waals surface area contributed by atoms with Crippen molar-refractivity contribution in [1.29, 1.82) is 0 Å². The summed E-state index contributed by atoms with van der Waals surface area (Å²) in [5, 5.41) is 21.7. The van der Waals surface area contributed by atoms with E-state index in [-0.39, 0.29) is 11.4 Å². The Bertz CT molecular complexity index is 1300. The topological polar surface area (TPSA) is 99.5 Å². The zero-order chi connectivity index (χ0) is 22.5. The van der Waals surface area contributed by atoms with Gasteiger partial charge in [-0.05, 0) is 26.0 Å². The summed E-state index contributed by atoms with van der Waals surface area (Å²) in [6, 6.07) is 3.38. The molecule has 0 spiro atoms. The summed E-state index contributed by atoms with van der Waals surface area (Å²) in [4.78, 5) is 11.4. The van der Waals surface area contributed by atoms with Crippen molar-refractivity contribution in [2.45, 2.75) is 26.6 Å². The normalized spacial score (nSPS) is 11.9. The maximum absolute atomic E-state index is 12.9. The molecule has 12 heteroatoms. The van der Waals surface area contributed by atoms with Gasteiger partial charge in [0.15, 0.2) is 0 Å². The second kappa shape index (κ2) is 7.15. The average molecular weight is 434 g/mol. The van der Waals surface area contributed by atoms with Gasteiger partial charge in [0.25, 0.3) is 0 Å². The number of ether oxygens (including phenoxy) is 1. The van der Waals surface area contributed by atoms with Crippen LogP contribution in [0.2, 0.25) is 0 Å². The molecular weight excluding hydrogens is 417 g/mol. The van der Waals surface area contributed by atoms with Crippen LogP contribution in [0, 0.1) is 13.8 Å². The number of aryl methyl sites for hydroxylation is 1. The largest absolute Gasteiger partial charge is 0.479 e. The lowest BCUT2D eigenvalue weighted by Gasteiger charge is -2.08. The van der Waals surface area contributed by atoms with Crippen molar-refractivity contribution in [3.05, 3.63) is 47.7 Å². The Balaban J connectivity index is 1.83. The SMILES string of the molecule is COc1nn(-c2ccn3ncc(-c4c(C)nn(CC(F)(F)F)c4C)c3c2)cc1C(=O)O. The standard InChI is InChI=1S/C19H17F3N6O3/c1-10-16(11(2)28(24-10)9-19(20,21)22)13-7-23-26-5-4-12(6-15(13)26)27-8-14(18(29)30)17(25-27)31-3/h4-8H,9H2,1-3H3,(H,29,30). The number of hydrogen-bond acceptors (Lipinski definition) is 5. The molecule has 0 aliphatic heterocycles. The number of carboxylic acid groups (broad SMARTS) is 1. The van der Waals surface area contributed by atoms with Gasteiger partial charge in [-0.1, -0.05) is 0 Å². The van der Waals surface area contributed by atoms with Crippen LogP contribution < -0.4 is 4.74 Å². The Morgan fingerprint density at radius 3 is 2.61 bits per heavy atom. The number of methoxy groups -OCH3 is 1. The second-order valence-corrected chi connectivity index (χ2v) is 6.89. The predicted octanol–water partition coefficient (Wildman–Crippen LogP) is 3.27. The number of halogens is 3. The van der Waals surface area contributed by atoms with E-state index in [2.05, 4.69) is 15.3 Å². The summed E-state index contributed by atoms with van der Waals surface area (Å²) in [5.74, 6) is -1.22. The minimum atomic E-state index is -4.39. The molecule has 0 aliphatic rings. The summed E-state index contributed by atoms with van der Waals surface area (Å²) >= 11 is 0. The summed E-state index contributed by atoms with van der Waals surface area (Å²) in [7, 11) is 1.32. The molecule has 0 amide bonds. The smallest absolute Gasteiger partial charge is 0.408 e. The Kier molecular flexibility index (Phi) is 4.71. The monoisotopic (exact) mass is 434 g/mol. The van der Waals surface area contributed by atoms with Gasteiger partial charge in [0.05, 0.1) is 30.2 Å². The number of fused-ring (bicyclic) bond motifs is 1. The zero-order valence-electron chi connectivity index (χ0n) is 16.7. The molecule has 9 nitrogen and oxygen atoms in total. The van der Waals surface area contributed by atoms with Crippen LogP contribution in [0.4, 0.5) is 13.2 Å². The van der Waals surface area contributed by atoms with Crippen molar-refractivity contribution < 1.29 is 27.8 Å². The van der Waals surface area contributed by atoms with Gasteiger partial charge in [-0.3, -0.25) is 4.68 Å². The van der Waals surface area contributed by atoms with E-state index in [1.54, 1.807) is 42.9 Å². The highest BCUT2D eigenvalue weighted by molar-refractivity contribution is 5.90. The minimum Gasteiger partial charge on any atom is -0.479 e. The van der Waals surface area contributed by atoms with Crippen LogP contribution in [-0.2, 0) is 6.54 Å². The molecule has 0 atom stereocenters. The van der Waals surface area contributed by atoms with Gasteiger partial charge in [0.2, 0.25) is 5.88 Å². The number of alkyl halides is 3. The molecule has 162 valence electrons. The molecular formula is C19H17F3N6O3. The molecule has 0 saturated heterocycles. The molecule has 0 aromatic carbocycles. The molecule has 31 heavy (non-hydrogen) atoms. The number of carboxylic acids is 1. The van der Waals surface area contributed by atoms with Crippen molar-refractivity contribution in [2.24, 2.45) is 0 Å². The van der Waals surface area contributed by atoms with Crippen molar-refractivity contribution in [2.75, 3.05) is 7.11 Å². The first-order chi connectivity index (χ1) is 14.6. The van der Waals surface area contributed by atoms with Crippen LogP contribution in [-0.4, -0.2) is 53.5 Å². The molecule has 0 unspecified atom stereocenters. The number of aromatic nitrogens is 6. The van der Waals surface area contributed by atoms with Crippen LogP contribution in [0.3, 0.4) is 0 Å². The minimum absolute atomic E-state index is 0.0405. The van der Waals surface area contributed by atoms with E-state index in [9.17, 15) is 23.1 Å². The molecule has 4 aromatic rings. The average Bonchev–Trinajstić information content (AvgIpc) is 3.36. The molecule has 1 N–H and O–H groups in total. The van der Waals surface area contributed by atoms with Crippen molar-refractivity contribution >= 4 is 11.5 Å². The van der Waals surface area contributed by atoms with Crippen LogP contribution in [0.15, 0.2) is 30.7 Å². The quantitative estimate of drug-likeness (QED) is 0.518.